The highest BCUT2D eigenvalue weighted by atomic mass is 32.2. The topological polar surface area (TPSA) is 84.2 Å². The van der Waals surface area contributed by atoms with Gasteiger partial charge in [0.2, 0.25) is 10.0 Å². The SMILES string of the molecule is Cc1ccc(NCC(C)(C)NS(C)(=O)=O)c(C(N)=S)c1. The number of hydrogen-bond donors (Lipinski definition) is 3. The minimum atomic E-state index is -3.26. The summed E-state index contributed by atoms with van der Waals surface area (Å²) in [5.74, 6) is 0. The molecule has 0 bridgehead atoms. The fraction of sp³-hybridized carbons (Fsp3) is 0.462. The van der Waals surface area contributed by atoms with Crippen molar-refractivity contribution in [2.75, 3.05) is 18.1 Å². The van der Waals surface area contributed by atoms with Crippen molar-refractivity contribution in [3.63, 3.8) is 0 Å². The second kappa shape index (κ2) is 6.07. The number of rotatable bonds is 6. The zero-order chi connectivity index (χ0) is 15.6. The fourth-order valence-electron chi connectivity index (χ4n) is 1.87. The second-order valence-electron chi connectivity index (χ2n) is 5.52. The number of benzene rings is 1. The summed E-state index contributed by atoms with van der Waals surface area (Å²) in [6.45, 7) is 5.98. The molecule has 0 atom stereocenters. The molecule has 0 heterocycles. The highest BCUT2D eigenvalue weighted by molar-refractivity contribution is 7.88. The van der Waals surface area contributed by atoms with Crippen molar-refractivity contribution in [3.05, 3.63) is 29.3 Å². The zero-order valence-electron chi connectivity index (χ0n) is 12.1. The van der Waals surface area contributed by atoms with Gasteiger partial charge in [0.05, 0.1) is 6.26 Å². The molecule has 112 valence electrons. The van der Waals surface area contributed by atoms with E-state index < -0.39 is 15.6 Å². The maximum absolute atomic E-state index is 11.3. The van der Waals surface area contributed by atoms with Crippen LogP contribution in [0.15, 0.2) is 18.2 Å². The Kier molecular flexibility index (Phi) is 5.12. The standard InChI is InChI=1S/C13H21N3O2S2/c1-9-5-6-11(10(7-9)12(14)19)15-8-13(2,3)16-20(4,17)18/h5-7,15-16H,8H2,1-4H3,(H2,14,19). The van der Waals surface area contributed by atoms with Crippen LogP contribution < -0.4 is 15.8 Å². The number of nitrogens with one attached hydrogen (secondary N) is 2. The van der Waals surface area contributed by atoms with E-state index in [1.54, 1.807) is 13.8 Å². The summed E-state index contributed by atoms with van der Waals surface area (Å²) in [6, 6.07) is 5.74. The summed E-state index contributed by atoms with van der Waals surface area (Å²) >= 11 is 5.03. The fourth-order valence-corrected chi connectivity index (χ4v) is 3.12. The van der Waals surface area contributed by atoms with Gasteiger partial charge in [-0.15, -0.1) is 0 Å². The van der Waals surface area contributed by atoms with Crippen LogP contribution >= 0.6 is 12.2 Å². The molecule has 0 radical (unpaired) electrons. The first-order valence-corrected chi connectivity index (χ1v) is 8.43. The van der Waals surface area contributed by atoms with Gasteiger partial charge in [-0.25, -0.2) is 13.1 Å². The Bertz CT molecular complexity index is 610. The van der Waals surface area contributed by atoms with Gasteiger partial charge in [0.15, 0.2) is 0 Å². The molecule has 5 nitrogen and oxygen atoms in total. The summed E-state index contributed by atoms with van der Waals surface area (Å²) in [5.41, 5.74) is 7.70. The second-order valence-corrected chi connectivity index (χ2v) is 7.71. The monoisotopic (exact) mass is 315 g/mol. The van der Waals surface area contributed by atoms with E-state index in [1.807, 2.05) is 25.1 Å². The lowest BCUT2D eigenvalue weighted by molar-refractivity contribution is 0.476. The van der Waals surface area contributed by atoms with E-state index in [1.165, 1.54) is 0 Å². The Morgan fingerprint density at radius 1 is 1.40 bits per heavy atom. The summed E-state index contributed by atoms with van der Waals surface area (Å²) < 4.78 is 25.2. The normalized spacial score (nSPS) is 12.2. The summed E-state index contributed by atoms with van der Waals surface area (Å²) in [5, 5.41) is 3.19. The summed E-state index contributed by atoms with van der Waals surface area (Å²) in [7, 11) is -3.26. The van der Waals surface area contributed by atoms with Crippen LogP contribution in [0.2, 0.25) is 0 Å². The maximum atomic E-state index is 11.3. The predicted octanol–water partition coefficient (Wildman–Crippen LogP) is 1.37. The van der Waals surface area contributed by atoms with Gasteiger partial charge in [0.25, 0.3) is 0 Å². The maximum Gasteiger partial charge on any atom is 0.209 e. The van der Waals surface area contributed by atoms with Crippen LogP contribution in [-0.4, -0.2) is 31.7 Å². The average Bonchev–Trinajstić information content (AvgIpc) is 2.23. The van der Waals surface area contributed by atoms with Crippen LogP contribution in [0.5, 0.6) is 0 Å². The molecule has 0 aromatic heterocycles. The lowest BCUT2D eigenvalue weighted by Gasteiger charge is -2.26. The van der Waals surface area contributed by atoms with Crippen molar-refractivity contribution in [3.8, 4) is 0 Å². The molecule has 0 fully saturated rings. The van der Waals surface area contributed by atoms with Crippen LogP contribution in [0.25, 0.3) is 0 Å². The smallest absolute Gasteiger partial charge is 0.209 e. The number of anilines is 1. The number of aryl methyl sites for hydroxylation is 1. The van der Waals surface area contributed by atoms with E-state index in [-0.39, 0.29) is 0 Å². The first kappa shape index (κ1) is 16.9. The molecule has 4 N–H and O–H groups in total. The molecule has 0 aliphatic heterocycles. The minimum absolute atomic E-state index is 0.310. The van der Waals surface area contributed by atoms with Crippen LogP contribution in [0.1, 0.15) is 25.0 Å². The summed E-state index contributed by atoms with van der Waals surface area (Å²) in [6.07, 6.45) is 1.14. The van der Waals surface area contributed by atoms with Crippen molar-refractivity contribution < 1.29 is 8.42 Å². The van der Waals surface area contributed by atoms with Gasteiger partial charge >= 0.3 is 0 Å². The molecule has 0 saturated heterocycles. The van der Waals surface area contributed by atoms with Crippen molar-refractivity contribution in [1.29, 1.82) is 0 Å². The van der Waals surface area contributed by atoms with Gasteiger partial charge < -0.3 is 11.1 Å². The molecule has 7 heteroatoms. The molecule has 0 unspecified atom stereocenters. The number of nitrogens with two attached hydrogens (primary N) is 1. The predicted molar refractivity (Wildman–Crippen MR) is 87.6 cm³/mol. The van der Waals surface area contributed by atoms with E-state index in [2.05, 4.69) is 10.0 Å². The quantitative estimate of drug-likeness (QED) is 0.691. The molecule has 0 saturated carbocycles. The van der Waals surface area contributed by atoms with Crippen molar-refractivity contribution >= 4 is 32.9 Å². The first-order valence-electron chi connectivity index (χ1n) is 6.13. The molecule has 1 aromatic rings. The van der Waals surface area contributed by atoms with Crippen LogP contribution in [0.4, 0.5) is 5.69 Å². The third-order valence-electron chi connectivity index (χ3n) is 2.62. The van der Waals surface area contributed by atoms with Crippen molar-refractivity contribution in [2.45, 2.75) is 26.3 Å². The van der Waals surface area contributed by atoms with E-state index in [9.17, 15) is 8.42 Å². The molecule has 0 amide bonds. The first-order chi connectivity index (χ1) is 9.00. The third-order valence-corrected chi connectivity index (χ3v) is 3.77. The Balaban J connectivity index is 2.87. The molecule has 1 aromatic carbocycles. The van der Waals surface area contributed by atoms with Gasteiger partial charge in [0, 0.05) is 23.3 Å². The van der Waals surface area contributed by atoms with Gasteiger partial charge in [-0.1, -0.05) is 23.8 Å². The minimum Gasteiger partial charge on any atom is -0.389 e. The van der Waals surface area contributed by atoms with E-state index in [0.717, 1.165) is 23.1 Å². The third kappa shape index (κ3) is 5.44. The van der Waals surface area contributed by atoms with Gasteiger partial charge in [-0.3, -0.25) is 0 Å². The lowest BCUT2D eigenvalue weighted by atomic mass is 10.1. The number of sulfonamides is 1. The van der Waals surface area contributed by atoms with Crippen molar-refractivity contribution in [1.82, 2.24) is 4.72 Å². The molecular weight excluding hydrogens is 294 g/mol. The lowest BCUT2D eigenvalue weighted by Crippen LogP contribution is -2.47. The zero-order valence-corrected chi connectivity index (χ0v) is 13.8. The van der Waals surface area contributed by atoms with E-state index >= 15 is 0 Å². The van der Waals surface area contributed by atoms with Gasteiger partial charge in [-0.05, 0) is 32.9 Å². The van der Waals surface area contributed by atoms with E-state index in [4.69, 9.17) is 18.0 Å². The van der Waals surface area contributed by atoms with Crippen LogP contribution in [0, 0.1) is 6.92 Å². The molecule has 1 rings (SSSR count). The molecule has 0 aliphatic rings. The number of thiocarbonyl (C=S) groups is 1. The Morgan fingerprint density at radius 2 is 2.00 bits per heavy atom. The summed E-state index contributed by atoms with van der Waals surface area (Å²) in [4.78, 5) is 0.310. The average molecular weight is 315 g/mol. The van der Waals surface area contributed by atoms with Gasteiger partial charge in [-0.2, -0.15) is 0 Å². The molecular formula is C13H21N3O2S2. The van der Waals surface area contributed by atoms with Crippen molar-refractivity contribution in [2.24, 2.45) is 5.73 Å². The Labute approximate surface area is 126 Å². The molecule has 0 aliphatic carbocycles. The van der Waals surface area contributed by atoms with Crippen LogP contribution in [-0.2, 0) is 10.0 Å². The van der Waals surface area contributed by atoms with E-state index in [0.29, 0.717) is 11.5 Å². The Morgan fingerprint density at radius 3 is 2.50 bits per heavy atom. The Hall–Kier alpha value is -1.18. The molecule has 0 spiro atoms. The van der Waals surface area contributed by atoms with Crippen LogP contribution in [0.3, 0.4) is 0 Å². The largest absolute Gasteiger partial charge is 0.389 e. The number of hydrogen-bond acceptors (Lipinski definition) is 4. The highest BCUT2D eigenvalue weighted by Crippen LogP contribution is 2.18. The highest BCUT2D eigenvalue weighted by Gasteiger charge is 2.22. The molecule has 20 heavy (non-hydrogen) atoms. The van der Waals surface area contributed by atoms with Gasteiger partial charge in [0.1, 0.15) is 4.99 Å².